The molecule has 1 fully saturated rings. The highest BCUT2D eigenvalue weighted by Gasteiger charge is 2.27. The third-order valence-corrected chi connectivity index (χ3v) is 5.42. The van der Waals surface area contributed by atoms with Crippen LogP contribution < -0.4 is 4.90 Å². The zero-order valence-corrected chi connectivity index (χ0v) is 17.0. The molecule has 4 aromatic rings. The van der Waals surface area contributed by atoms with Crippen LogP contribution in [0.3, 0.4) is 0 Å². The van der Waals surface area contributed by atoms with Gasteiger partial charge in [0.1, 0.15) is 11.3 Å². The Morgan fingerprint density at radius 3 is 2.38 bits per heavy atom. The minimum absolute atomic E-state index is 0.125. The number of hydrogen-bond acceptors (Lipinski definition) is 6. The average molecular weight is 435 g/mol. The van der Waals surface area contributed by atoms with E-state index in [4.69, 9.17) is 0 Å². The minimum atomic E-state index is -2.76. The number of halogens is 2. The molecule has 0 N–H and O–H groups in total. The molecule has 8 nitrogen and oxygen atoms in total. The standard InChI is InChI=1S/C22H19F2N7O/c23-19(24)18-13-17(15-5-2-1-3-6-15)28-20-16(14-27-31(18)20)21(32)29-9-11-30(12-10-29)22-25-7-4-8-26-22/h1-8,13-14,19H,9-12H2. The van der Waals surface area contributed by atoms with Gasteiger partial charge < -0.3 is 9.80 Å². The molecular formula is C22H19F2N7O. The lowest BCUT2D eigenvalue weighted by Gasteiger charge is -2.34. The molecule has 162 valence electrons. The molecule has 1 aliphatic rings. The Balaban J connectivity index is 1.45. The molecule has 5 rings (SSSR count). The number of hydrogen-bond donors (Lipinski definition) is 0. The number of anilines is 1. The quantitative estimate of drug-likeness (QED) is 0.490. The van der Waals surface area contributed by atoms with Gasteiger partial charge in [-0.05, 0) is 12.1 Å². The summed E-state index contributed by atoms with van der Waals surface area (Å²) in [7, 11) is 0. The van der Waals surface area contributed by atoms with E-state index in [9.17, 15) is 13.6 Å². The SMILES string of the molecule is O=C(c1cnn2c(C(F)F)cc(-c3ccccc3)nc12)N1CCN(c2ncccn2)CC1. The third kappa shape index (κ3) is 3.64. The van der Waals surface area contributed by atoms with Gasteiger partial charge in [-0.3, -0.25) is 4.79 Å². The summed E-state index contributed by atoms with van der Waals surface area (Å²) in [5.74, 6) is 0.331. The first-order valence-corrected chi connectivity index (χ1v) is 10.2. The molecule has 0 bridgehead atoms. The van der Waals surface area contributed by atoms with Gasteiger partial charge in [0, 0.05) is 44.1 Å². The van der Waals surface area contributed by atoms with Crippen molar-refractivity contribution in [3.63, 3.8) is 0 Å². The van der Waals surface area contributed by atoms with E-state index in [1.807, 2.05) is 23.1 Å². The second-order valence-corrected chi connectivity index (χ2v) is 7.35. The number of fused-ring (bicyclic) bond motifs is 1. The number of rotatable bonds is 4. The second-order valence-electron chi connectivity index (χ2n) is 7.35. The molecule has 0 aliphatic carbocycles. The van der Waals surface area contributed by atoms with Crippen molar-refractivity contribution in [1.29, 1.82) is 0 Å². The van der Waals surface area contributed by atoms with E-state index in [0.717, 1.165) is 4.52 Å². The number of benzene rings is 1. The van der Waals surface area contributed by atoms with Crippen molar-refractivity contribution < 1.29 is 13.6 Å². The van der Waals surface area contributed by atoms with E-state index < -0.39 is 6.43 Å². The highest BCUT2D eigenvalue weighted by Crippen LogP contribution is 2.27. The molecule has 0 radical (unpaired) electrons. The van der Waals surface area contributed by atoms with Crippen molar-refractivity contribution >= 4 is 17.5 Å². The molecule has 1 aromatic carbocycles. The lowest BCUT2D eigenvalue weighted by Crippen LogP contribution is -2.49. The zero-order chi connectivity index (χ0) is 22.1. The normalized spacial score (nSPS) is 14.3. The van der Waals surface area contributed by atoms with Crippen molar-refractivity contribution in [3.05, 3.63) is 72.3 Å². The van der Waals surface area contributed by atoms with Crippen LogP contribution in [0.5, 0.6) is 0 Å². The molecule has 3 aromatic heterocycles. The third-order valence-electron chi connectivity index (χ3n) is 5.42. The lowest BCUT2D eigenvalue weighted by molar-refractivity contribution is 0.0747. The molecule has 32 heavy (non-hydrogen) atoms. The topological polar surface area (TPSA) is 79.5 Å². The monoisotopic (exact) mass is 435 g/mol. The van der Waals surface area contributed by atoms with Crippen LogP contribution >= 0.6 is 0 Å². The van der Waals surface area contributed by atoms with Gasteiger partial charge in [0.25, 0.3) is 12.3 Å². The van der Waals surface area contributed by atoms with Gasteiger partial charge in [0.05, 0.1) is 11.9 Å². The summed E-state index contributed by atoms with van der Waals surface area (Å²) in [6.45, 7) is 2.04. The van der Waals surface area contributed by atoms with Crippen molar-refractivity contribution in [1.82, 2.24) is 29.5 Å². The molecular weight excluding hydrogens is 416 g/mol. The number of amides is 1. The number of nitrogens with zero attached hydrogens (tertiary/aromatic N) is 7. The Bertz CT molecular complexity index is 1240. The maximum absolute atomic E-state index is 13.8. The predicted molar refractivity (Wildman–Crippen MR) is 114 cm³/mol. The van der Waals surface area contributed by atoms with Gasteiger partial charge in [0.2, 0.25) is 5.95 Å². The first kappa shape index (κ1) is 20.0. The number of piperazine rings is 1. The van der Waals surface area contributed by atoms with Crippen LogP contribution in [-0.4, -0.2) is 61.6 Å². The van der Waals surface area contributed by atoms with Gasteiger partial charge in [-0.25, -0.2) is 28.2 Å². The molecule has 0 atom stereocenters. The molecule has 0 unspecified atom stereocenters. The number of carbonyl (C=O) groups excluding carboxylic acids is 1. The Morgan fingerprint density at radius 1 is 0.969 bits per heavy atom. The van der Waals surface area contributed by atoms with Crippen LogP contribution in [0, 0.1) is 0 Å². The zero-order valence-electron chi connectivity index (χ0n) is 17.0. The molecule has 10 heteroatoms. The fourth-order valence-electron chi connectivity index (χ4n) is 3.78. The Hall–Kier alpha value is -3.95. The first-order chi connectivity index (χ1) is 15.6. The van der Waals surface area contributed by atoms with Crippen molar-refractivity contribution in [3.8, 4) is 11.3 Å². The van der Waals surface area contributed by atoms with E-state index in [2.05, 4.69) is 20.1 Å². The fourth-order valence-corrected chi connectivity index (χ4v) is 3.78. The molecule has 1 saturated heterocycles. The number of aromatic nitrogens is 5. The van der Waals surface area contributed by atoms with Gasteiger partial charge >= 0.3 is 0 Å². The highest BCUT2D eigenvalue weighted by atomic mass is 19.3. The maximum atomic E-state index is 13.8. The Kier molecular flexibility index (Phi) is 5.18. The van der Waals surface area contributed by atoms with E-state index in [-0.39, 0.29) is 22.8 Å². The predicted octanol–water partition coefficient (Wildman–Crippen LogP) is 3.09. The Labute approximate surface area is 182 Å². The van der Waals surface area contributed by atoms with Gasteiger partial charge in [-0.1, -0.05) is 30.3 Å². The largest absolute Gasteiger partial charge is 0.337 e. The Morgan fingerprint density at radius 2 is 1.69 bits per heavy atom. The van der Waals surface area contributed by atoms with Crippen molar-refractivity contribution in [2.75, 3.05) is 31.1 Å². The second kappa shape index (κ2) is 8.29. The minimum Gasteiger partial charge on any atom is -0.337 e. The summed E-state index contributed by atoms with van der Waals surface area (Å²) < 4.78 is 28.6. The van der Waals surface area contributed by atoms with Crippen LogP contribution in [0.1, 0.15) is 22.5 Å². The van der Waals surface area contributed by atoms with Crippen LogP contribution in [0.4, 0.5) is 14.7 Å². The van der Waals surface area contributed by atoms with Gasteiger partial charge in [-0.15, -0.1) is 0 Å². The molecule has 0 saturated carbocycles. The number of alkyl halides is 2. The van der Waals surface area contributed by atoms with E-state index >= 15 is 0 Å². The summed E-state index contributed by atoms with van der Waals surface area (Å²) >= 11 is 0. The fraction of sp³-hybridized carbons (Fsp3) is 0.227. The molecule has 4 heterocycles. The summed E-state index contributed by atoms with van der Waals surface area (Å²) in [6, 6.07) is 12.1. The average Bonchev–Trinajstić information content (AvgIpc) is 3.28. The van der Waals surface area contributed by atoms with Crippen LogP contribution in [0.2, 0.25) is 0 Å². The van der Waals surface area contributed by atoms with Crippen LogP contribution in [0.15, 0.2) is 61.1 Å². The molecule has 1 aliphatic heterocycles. The van der Waals surface area contributed by atoms with Crippen molar-refractivity contribution in [2.45, 2.75) is 6.43 Å². The smallest absolute Gasteiger partial charge is 0.280 e. The van der Waals surface area contributed by atoms with Gasteiger partial charge in [-0.2, -0.15) is 5.10 Å². The van der Waals surface area contributed by atoms with E-state index in [1.165, 1.54) is 12.3 Å². The number of carbonyl (C=O) groups is 1. The maximum Gasteiger partial charge on any atom is 0.280 e. The summed E-state index contributed by atoms with van der Waals surface area (Å²) in [4.78, 5) is 29.9. The highest BCUT2D eigenvalue weighted by molar-refractivity contribution is 6.00. The summed E-state index contributed by atoms with van der Waals surface area (Å²) in [6.07, 6.45) is 1.91. The van der Waals surface area contributed by atoms with Crippen LogP contribution in [0.25, 0.3) is 16.9 Å². The first-order valence-electron chi connectivity index (χ1n) is 10.2. The molecule has 0 spiro atoms. The summed E-state index contributed by atoms with van der Waals surface area (Å²) in [5.41, 5.74) is 1.08. The van der Waals surface area contributed by atoms with E-state index in [1.54, 1.807) is 35.5 Å². The molecule has 1 amide bonds. The van der Waals surface area contributed by atoms with E-state index in [0.29, 0.717) is 43.4 Å². The van der Waals surface area contributed by atoms with Crippen LogP contribution in [-0.2, 0) is 0 Å². The lowest BCUT2D eigenvalue weighted by atomic mass is 10.1. The van der Waals surface area contributed by atoms with Crippen molar-refractivity contribution in [2.24, 2.45) is 0 Å². The summed E-state index contributed by atoms with van der Waals surface area (Å²) in [5, 5.41) is 4.05. The van der Waals surface area contributed by atoms with Gasteiger partial charge in [0.15, 0.2) is 5.65 Å².